The summed E-state index contributed by atoms with van der Waals surface area (Å²) in [4.78, 5) is 0. The van der Waals surface area contributed by atoms with Crippen LogP contribution in [0.1, 0.15) is 6.92 Å². The summed E-state index contributed by atoms with van der Waals surface area (Å²) < 4.78 is 13.5. The molecule has 0 aliphatic carbocycles. The minimum atomic E-state index is -0.722. The number of hydrogen-bond acceptors (Lipinski definition) is 4. The van der Waals surface area contributed by atoms with Gasteiger partial charge in [0.2, 0.25) is 0 Å². The lowest BCUT2D eigenvalue weighted by Crippen LogP contribution is -2.28. The van der Waals surface area contributed by atoms with Gasteiger partial charge in [-0.15, -0.1) is 0 Å². The van der Waals surface area contributed by atoms with Crippen LogP contribution in [0.15, 0.2) is 0 Å². The Hall–Kier alpha value is -0.0951. The van der Waals surface area contributed by atoms with Crippen LogP contribution >= 0.6 is 0 Å². The van der Waals surface area contributed by atoms with Crippen molar-refractivity contribution in [2.75, 3.05) is 13.7 Å². The monoisotopic (exact) mass is 119 g/mol. The summed E-state index contributed by atoms with van der Waals surface area (Å²) in [6.45, 7) is 2.35. The minimum Gasteiger partial charge on any atom is -0.388 e. The predicted octanol–water partition coefficient (Wildman–Crippen LogP) is -0.455. The molecule has 48 valence electrons. The molecule has 0 rings (SSSR count). The van der Waals surface area contributed by atoms with Crippen LogP contribution in [0.3, 0.4) is 0 Å². The molecule has 0 fully saturated rings. The first-order chi connectivity index (χ1) is 3.85. The Kier molecular flexibility index (Phi) is 4.99. The zero-order valence-corrected chi connectivity index (χ0v) is 5.09. The third-order valence-corrected chi connectivity index (χ3v) is 0.606. The number of rotatable bonds is 4. The van der Waals surface area contributed by atoms with Crippen molar-refractivity contribution in [2.45, 2.75) is 6.92 Å². The van der Waals surface area contributed by atoms with Crippen LogP contribution in [-0.2, 0) is 14.1 Å². The van der Waals surface area contributed by atoms with Gasteiger partial charge in [-0.05, 0) is 6.92 Å². The van der Waals surface area contributed by atoms with Gasteiger partial charge >= 0.3 is 7.32 Å². The van der Waals surface area contributed by atoms with Gasteiger partial charge < -0.3 is 14.1 Å². The molecule has 0 aliphatic rings. The summed E-state index contributed by atoms with van der Waals surface area (Å²) in [6, 6.07) is 0. The van der Waals surface area contributed by atoms with Crippen LogP contribution in [0.4, 0.5) is 0 Å². The van der Waals surface area contributed by atoms with Gasteiger partial charge in [-0.25, -0.2) is 5.90 Å². The Balaban J connectivity index is 3.07. The predicted molar refractivity (Wildman–Crippen MR) is 29.7 cm³/mol. The van der Waals surface area contributed by atoms with E-state index in [1.807, 2.05) is 6.92 Å². The van der Waals surface area contributed by atoms with Crippen LogP contribution in [-0.4, -0.2) is 21.0 Å². The fraction of sp³-hybridized carbons (Fsp3) is 1.00. The van der Waals surface area contributed by atoms with Gasteiger partial charge in [-0.3, -0.25) is 0 Å². The molecule has 0 aromatic rings. The van der Waals surface area contributed by atoms with Gasteiger partial charge in [0.15, 0.2) is 0 Å². The molecule has 0 aromatic carbocycles. The fourth-order valence-electron chi connectivity index (χ4n) is 0.299. The molecule has 4 nitrogen and oxygen atoms in total. The van der Waals surface area contributed by atoms with E-state index in [0.717, 1.165) is 0 Å². The van der Waals surface area contributed by atoms with E-state index in [2.05, 4.69) is 9.41 Å². The quantitative estimate of drug-likeness (QED) is 0.402. The van der Waals surface area contributed by atoms with Crippen molar-refractivity contribution in [1.29, 1.82) is 0 Å². The van der Waals surface area contributed by atoms with Gasteiger partial charge in [0, 0.05) is 13.7 Å². The molecule has 2 N–H and O–H groups in total. The first kappa shape index (κ1) is 7.90. The summed E-state index contributed by atoms with van der Waals surface area (Å²) in [6.07, 6.45) is 0. The average molecular weight is 119 g/mol. The molecule has 8 heavy (non-hydrogen) atoms. The van der Waals surface area contributed by atoms with Crippen molar-refractivity contribution in [3.8, 4) is 0 Å². The summed E-state index contributed by atoms with van der Waals surface area (Å²) in [5.41, 5.74) is 0. The smallest absolute Gasteiger partial charge is 0.388 e. The molecular weight excluding hydrogens is 109 g/mol. The van der Waals surface area contributed by atoms with Crippen LogP contribution in [0.25, 0.3) is 0 Å². The Morgan fingerprint density at radius 1 is 1.62 bits per heavy atom. The van der Waals surface area contributed by atoms with E-state index in [9.17, 15) is 0 Å². The van der Waals surface area contributed by atoms with Crippen molar-refractivity contribution in [1.82, 2.24) is 0 Å². The lowest BCUT2D eigenvalue weighted by atomic mass is 10.2. The Morgan fingerprint density at radius 3 is 2.38 bits per heavy atom. The van der Waals surface area contributed by atoms with Crippen LogP contribution < -0.4 is 5.90 Å². The molecule has 0 saturated heterocycles. The van der Waals surface area contributed by atoms with Gasteiger partial charge in [-0.1, -0.05) is 0 Å². The highest BCUT2D eigenvalue weighted by atomic mass is 16.8. The Bertz CT molecular complexity index is 49.8. The van der Waals surface area contributed by atoms with Crippen molar-refractivity contribution < 1.29 is 14.1 Å². The first-order valence-corrected chi connectivity index (χ1v) is 2.35. The SMILES string of the molecule is CCOB(OC)ON. The van der Waals surface area contributed by atoms with Gasteiger partial charge in [0.05, 0.1) is 0 Å². The van der Waals surface area contributed by atoms with Gasteiger partial charge in [-0.2, -0.15) is 0 Å². The molecule has 5 heteroatoms. The second-order valence-corrected chi connectivity index (χ2v) is 1.12. The molecular formula is C3H10BNO3. The number of hydrogen-bond donors (Lipinski definition) is 1. The highest BCUT2D eigenvalue weighted by Gasteiger charge is 2.15. The Labute approximate surface area is 49.0 Å². The maximum Gasteiger partial charge on any atom is 0.656 e. The standard InChI is InChI=1S/C3H10BNO3/c1-3-7-4(6-2)8-5/h3,5H2,1-2H3. The average Bonchev–Trinajstić information content (AvgIpc) is 1.83. The van der Waals surface area contributed by atoms with E-state index >= 15 is 0 Å². The van der Waals surface area contributed by atoms with Crippen molar-refractivity contribution >= 4 is 7.32 Å². The summed E-state index contributed by atoms with van der Waals surface area (Å²) in [5, 5.41) is 0. The maximum atomic E-state index is 4.77. The fourth-order valence-corrected chi connectivity index (χ4v) is 0.299. The minimum absolute atomic E-state index is 0.524. The van der Waals surface area contributed by atoms with E-state index in [1.165, 1.54) is 7.11 Å². The molecule has 0 heterocycles. The topological polar surface area (TPSA) is 53.7 Å². The third-order valence-electron chi connectivity index (χ3n) is 0.606. The summed E-state index contributed by atoms with van der Waals surface area (Å²) in [5.74, 6) is 4.72. The molecule has 0 bridgehead atoms. The lowest BCUT2D eigenvalue weighted by Gasteiger charge is -2.04. The summed E-state index contributed by atoms with van der Waals surface area (Å²) in [7, 11) is 0.729. The van der Waals surface area contributed by atoms with E-state index in [-0.39, 0.29) is 0 Å². The zero-order valence-electron chi connectivity index (χ0n) is 5.09. The highest BCUT2D eigenvalue weighted by molar-refractivity contribution is 6.36. The van der Waals surface area contributed by atoms with Gasteiger partial charge in [0.25, 0.3) is 0 Å². The molecule has 0 saturated carbocycles. The molecule has 0 amide bonds. The molecule has 0 atom stereocenters. The maximum absolute atomic E-state index is 4.77. The van der Waals surface area contributed by atoms with E-state index in [1.54, 1.807) is 0 Å². The van der Waals surface area contributed by atoms with Crippen molar-refractivity contribution in [3.63, 3.8) is 0 Å². The number of nitrogens with two attached hydrogens (primary N) is 1. The molecule has 0 unspecified atom stereocenters. The molecule has 0 aromatic heterocycles. The molecule has 0 radical (unpaired) electrons. The zero-order chi connectivity index (χ0) is 6.41. The summed E-state index contributed by atoms with van der Waals surface area (Å²) >= 11 is 0. The van der Waals surface area contributed by atoms with Crippen molar-refractivity contribution in [3.05, 3.63) is 0 Å². The Morgan fingerprint density at radius 2 is 2.25 bits per heavy atom. The molecule has 0 aliphatic heterocycles. The van der Waals surface area contributed by atoms with Crippen LogP contribution in [0.5, 0.6) is 0 Å². The largest absolute Gasteiger partial charge is 0.656 e. The molecule has 0 spiro atoms. The van der Waals surface area contributed by atoms with Crippen molar-refractivity contribution in [2.24, 2.45) is 5.90 Å². The van der Waals surface area contributed by atoms with E-state index < -0.39 is 7.32 Å². The van der Waals surface area contributed by atoms with E-state index in [4.69, 9.17) is 10.6 Å². The second-order valence-electron chi connectivity index (χ2n) is 1.12. The van der Waals surface area contributed by atoms with Crippen LogP contribution in [0, 0.1) is 0 Å². The van der Waals surface area contributed by atoms with Crippen LogP contribution in [0.2, 0.25) is 0 Å². The lowest BCUT2D eigenvalue weighted by molar-refractivity contribution is 0.119. The highest BCUT2D eigenvalue weighted by Crippen LogP contribution is 1.83. The second kappa shape index (κ2) is 5.05. The van der Waals surface area contributed by atoms with E-state index in [0.29, 0.717) is 6.61 Å². The van der Waals surface area contributed by atoms with Gasteiger partial charge in [0.1, 0.15) is 0 Å². The normalized spacial score (nSPS) is 9.38. The first-order valence-electron chi connectivity index (χ1n) is 2.35. The third kappa shape index (κ3) is 2.98.